The van der Waals surface area contributed by atoms with Gasteiger partial charge in [-0.1, -0.05) is 11.8 Å². The van der Waals surface area contributed by atoms with Crippen molar-refractivity contribution in [2.45, 2.75) is 23.2 Å². The molecule has 0 unspecified atom stereocenters. The SMILES string of the molecule is COCCNC(=O)Cn1nc2c(c1NC(=O)CSc1ncccn1)CSC2. The van der Waals surface area contributed by atoms with Crippen molar-refractivity contribution in [2.24, 2.45) is 0 Å². The summed E-state index contributed by atoms with van der Waals surface area (Å²) in [5.74, 6) is 1.96. The van der Waals surface area contributed by atoms with Crippen LogP contribution in [0.3, 0.4) is 0 Å². The maximum atomic E-state index is 12.4. The third-order valence-corrected chi connectivity index (χ3v) is 5.52. The molecule has 2 N–H and O–H groups in total. The molecule has 2 amide bonds. The number of methoxy groups -OCH3 is 1. The Morgan fingerprint density at radius 1 is 1.30 bits per heavy atom. The highest BCUT2D eigenvalue weighted by Gasteiger charge is 2.25. The molecule has 3 rings (SSSR count). The zero-order valence-corrected chi connectivity index (χ0v) is 16.4. The van der Waals surface area contributed by atoms with Crippen molar-refractivity contribution in [1.82, 2.24) is 25.1 Å². The molecule has 0 atom stereocenters. The van der Waals surface area contributed by atoms with Gasteiger partial charge >= 0.3 is 0 Å². The van der Waals surface area contributed by atoms with Gasteiger partial charge in [-0.3, -0.25) is 9.59 Å². The molecule has 0 spiro atoms. The van der Waals surface area contributed by atoms with Crippen LogP contribution in [0.4, 0.5) is 5.82 Å². The number of rotatable bonds is 9. The topological polar surface area (TPSA) is 111 Å². The first kappa shape index (κ1) is 19.6. The normalized spacial score (nSPS) is 12.6. The number of amides is 2. The average Bonchev–Trinajstić information content (AvgIpc) is 3.24. The molecule has 1 aliphatic rings. The molecule has 1 aliphatic heterocycles. The molecule has 3 heterocycles. The van der Waals surface area contributed by atoms with E-state index < -0.39 is 0 Å². The van der Waals surface area contributed by atoms with Crippen LogP contribution < -0.4 is 10.6 Å². The van der Waals surface area contributed by atoms with Crippen molar-refractivity contribution in [3.63, 3.8) is 0 Å². The number of fused-ring (bicyclic) bond motifs is 1. The van der Waals surface area contributed by atoms with Gasteiger partial charge in [-0.05, 0) is 6.07 Å². The Balaban J connectivity index is 1.63. The van der Waals surface area contributed by atoms with Gasteiger partial charge in [0.15, 0.2) is 5.16 Å². The standard InChI is InChI=1S/C16H20N6O3S2/c1-25-6-5-17-13(23)7-22-15(11-8-26-9-12(11)21-22)20-14(24)10-27-16-18-3-2-4-19-16/h2-4H,5-10H2,1H3,(H,17,23)(H,20,24). The first-order valence-corrected chi connectivity index (χ1v) is 10.4. The van der Waals surface area contributed by atoms with Crippen molar-refractivity contribution in [1.29, 1.82) is 0 Å². The number of carbonyl (C=O) groups excluding carboxylic acids is 2. The first-order valence-electron chi connectivity index (χ1n) is 8.29. The zero-order valence-electron chi connectivity index (χ0n) is 14.8. The van der Waals surface area contributed by atoms with Gasteiger partial charge in [-0.2, -0.15) is 16.9 Å². The molecule has 2 aromatic rings. The predicted molar refractivity (Wildman–Crippen MR) is 103 cm³/mol. The van der Waals surface area contributed by atoms with E-state index in [0.29, 0.717) is 24.1 Å². The Morgan fingerprint density at radius 3 is 2.89 bits per heavy atom. The molecule has 0 aromatic carbocycles. The van der Waals surface area contributed by atoms with Gasteiger partial charge in [0.1, 0.15) is 12.4 Å². The molecule has 11 heteroatoms. The second-order valence-corrected chi connectivity index (χ2v) is 7.56. The third kappa shape index (κ3) is 5.44. The smallest absolute Gasteiger partial charge is 0.241 e. The molecule has 9 nitrogen and oxygen atoms in total. The Labute approximate surface area is 165 Å². The van der Waals surface area contributed by atoms with Gasteiger partial charge in [0.2, 0.25) is 11.8 Å². The number of thioether (sulfide) groups is 2. The molecule has 0 bridgehead atoms. The summed E-state index contributed by atoms with van der Waals surface area (Å²) in [5, 5.41) is 10.7. The van der Waals surface area contributed by atoms with Crippen LogP contribution in [0.15, 0.2) is 23.6 Å². The number of carbonyl (C=O) groups is 2. The summed E-state index contributed by atoms with van der Waals surface area (Å²) in [7, 11) is 1.58. The number of nitrogens with one attached hydrogen (secondary N) is 2. The largest absolute Gasteiger partial charge is 0.383 e. The van der Waals surface area contributed by atoms with Crippen LogP contribution in [0, 0.1) is 0 Å². The van der Waals surface area contributed by atoms with Crippen LogP contribution in [0.25, 0.3) is 0 Å². The van der Waals surface area contributed by atoms with Gasteiger partial charge in [-0.15, -0.1) is 0 Å². The number of ether oxygens (including phenoxy) is 1. The van der Waals surface area contributed by atoms with Gasteiger partial charge < -0.3 is 15.4 Å². The number of aromatic nitrogens is 4. The number of nitrogens with zero attached hydrogens (tertiary/aromatic N) is 4. The fraction of sp³-hybridized carbons (Fsp3) is 0.438. The van der Waals surface area contributed by atoms with Crippen molar-refractivity contribution in [3.05, 3.63) is 29.7 Å². The van der Waals surface area contributed by atoms with Crippen LogP contribution in [-0.2, 0) is 32.4 Å². The summed E-state index contributed by atoms with van der Waals surface area (Å²) in [4.78, 5) is 32.6. The van der Waals surface area contributed by atoms with E-state index in [9.17, 15) is 9.59 Å². The minimum atomic E-state index is -0.187. The van der Waals surface area contributed by atoms with Gasteiger partial charge in [-0.25, -0.2) is 14.6 Å². The van der Waals surface area contributed by atoms with Gasteiger partial charge in [0.25, 0.3) is 0 Å². The van der Waals surface area contributed by atoms with E-state index in [1.165, 1.54) is 11.8 Å². The molecule has 27 heavy (non-hydrogen) atoms. The van der Waals surface area contributed by atoms with Crippen molar-refractivity contribution in [3.8, 4) is 0 Å². The van der Waals surface area contributed by atoms with E-state index in [2.05, 4.69) is 25.7 Å². The third-order valence-electron chi connectivity index (χ3n) is 3.67. The van der Waals surface area contributed by atoms with Crippen molar-refractivity contribution < 1.29 is 14.3 Å². The minimum Gasteiger partial charge on any atom is -0.383 e. The number of hydrogen-bond acceptors (Lipinski definition) is 8. The quantitative estimate of drug-likeness (QED) is 0.358. The molecular formula is C16H20N6O3S2. The molecule has 0 aliphatic carbocycles. The summed E-state index contributed by atoms with van der Waals surface area (Å²) in [6.45, 7) is 0.924. The average molecular weight is 409 g/mol. The fourth-order valence-corrected chi connectivity index (χ4v) is 4.10. The highest BCUT2D eigenvalue weighted by atomic mass is 32.2. The molecule has 2 aromatic heterocycles. The summed E-state index contributed by atoms with van der Waals surface area (Å²) in [6.07, 6.45) is 3.27. The summed E-state index contributed by atoms with van der Waals surface area (Å²) in [6, 6.07) is 1.72. The second kappa shape index (κ2) is 9.72. The lowest BCUT2D eigenvalue weighted by Gasteiger charge is -2.11. The molecule has 0 saturated heterocycles. The fourth-order valence-electron chi connectivity index (χ4n) is 2.46. The number of hydrogen-bond donors (Lipinski definition) is 2. The lowest BCUT2D eigenvalue weighted by Crippen LogP contribution is -2.31. The van der Waals surface area contributed by atoms with Crippen LogP contribution in [0.2, 0.25) is 0 Å². The number of anilines is 1. The Kier molecular flexibility index (Phi) is 7.07. The molecular weight excluding hydrogens is 388 g/mol. The van der Waals surface area contributed by atoms with E-state index in [1.807, 2.05) is 0 Å². The van der Waals surface area contributed by atoms with Crippen LogP contribution in [0.5, 0.6) is 0 Å². The maximum Gasteiger partial charge on any atom is 0.241 e. The molecule has 144 valence electrons. The minimum absolute atomic E-state index is 0.0476. The summed E-state index contributed by atoms with van der Waals surface area (Å²) < 4.78 is 6.49. The van der Waals surface area contributed by atoms with Crippen molar-refractivity contribution in [2.75, 3.05) is 31.3 Å². The van der Waals surface area contributed by atoms with E-state index in [4.69, 9.17) is 4.74 Å². The van der Waals surface area contributed by atoms with Crippen LogP contribution in [-0.4, -0.2) is 57.6 Å². The van der Waals surface area contributed by atoms with Gasteiger partial charge in [0, 0.05) is 43.1 Å². The first-order chi connectivity index (χ1) is 13.2. The molecule has 0 fully saturated rings. The summed E-state index contributed by atoms with van der Waals surface area (Å²) >= 11 is 2.99. The Morgan fingerprint density at radius 2 is 2.11 bits per heavy atom. The van der Waals surface area contributed by atoms with Crippen LogP contribution in [0.1, 0.15) is 11.3 Å². The van der Waals surface area contributed by atoms with E-state index >= 15 is 0 Å². The predicted octanol–water partition coefficient (Wildman–Crippen LogP) is 0.913. The molecule has 0 saturated carbocycles. The monoisotopic (exact) mass is 408 g/mol. The zero-order chi connectivity index (χ0) is 19.1. The van der Waals surface area contributed by atoms with E-state index in [0.717, 1.165) is 22.8 Å². The second-order valence-electron chi connectivity index (χ2n) is 5.64. The van der Waals surface area contributed by atoms with Crippen LogP contribution >= 0.6 is 23.5 Å². The van der Waals surface area contributed by atoms with Crippen molar-refractivity contribution >= 4 is 41.2 Å². The highest BCUT2D eigenvalue weighted by molar-refractivity contribution is 7.99. The van der Waals surface area contributed by atoms with Gasteiger partial charge in [0.05, 0.1) is 18.1 Å². The summed E-state index contributed by atoms with van der Waals surface area (Å²) in [5.41, 5.74) is 1.90. The van der Waals surface area contributed by atoms with E-state index in [1.54, 1.807) is 42.0 Å². The highest BCUT2D eigenvalue weighted by Crippen LogP contribution is 2.34. The lowest BCUT2D eigenvalue weighted by atomic mass is 10.3. The molecule has 0 radical (unpaired) electrons. The maximum absolute atomic E-state index is 12.4. The lowest BCUT2D eigenvalue weighted by molar-refractivity contribution is -0.122. The Bertz CT molecular complexity index is 799. The van der Waals surface area contributed by atoms with E-state index in [-0.39, 0.29) is 24.1 Å². The Hall–Kier alpha value is -2.11.